The number of pyridine rings is 1. The van der Waals surface area contributed by atoms with Crippen molar-refractivity contribution in [2.45, 2.75) is 27.2 Å². The van der Waals surface area contributed by atoms with E-state index in [1.165, 1.54) is 29.8 Å². The molecule has 0 spiro atoms. The van der Waals surface area contributed by atoms with E-state index in [-0.39, 0.29) is 11.3 Å². The normalized spacial score (nSPS) is 10.8. The largest absolute Gasteiger partial charge is 0.425 e. The molecule has 0 radical (unpaired) electrons. The number of nitrogens with zero attached hydrogens (tertiary/aromatic N) is 2. The maximum atomic E-state index is 13.4. The average Bonchev–Trinajstić information content (AvgIpc) is 3.10. The summed E-state index contributed by atoms with van der Waals surface area (Å²) in [6.45, 7) is 4.37. The van der Waals surface area contributed by atoms with Crippen molar-refractivity contribution >= 4 is 45.0 Å². The summed E-state index contributed by atoms with van der Waals surface area (Å²) in [4.78, 5) is 52.2. The van der Waals surface area contributed by atoms with Gasteiger partial charge >= 0.3 is 5.97 Å². The van der Waals surface area contributed by atoms with Crippen LogP contribution in [0.5, 0.6) is 5.75 Å². The maximum absolute atomic E-state index is 13.4. The van der Waals surface area contributed by atoms with Gasteiger partial charge in [0.05, 0.1) is 11.1 Å². The SMILES string of the molecule is CCc1csc2c1c(OC(C)=O)c(C(=O)N(C(C)=O)c1ccccc1)c(=O)n2C. The van der Waals surface area contributed by atoms with E-state index in [4.69, 9.17) is 4.74 Å². The Hall–Kier alpha value is -3.26. The quantitative estimate of drug-likeness (QED) is 0.614. The highest BCUT2D eigenvalue weighted by atomic mass is 32.1. The predicted molar refractivity (Wildman–Crippen MR) is 112 cm³/mol. The molecule has 3 rings (SSSR count). The van der Waals surface area contributed by atoms with E-state index in [1.54, 1.807) is 37.4 Å². The number of carbonyl (C=O) groups is 3. The summed E-state index contributed by atoms with van der Waals surface area (Å²) in [7, 11) is 1.55. The molecule has 150 valence electrons. The number of benzene rings is 1. The molecule has 0 aliphatic rings. The summed E-state index contributed by atoms with van der Waals surface area (Å²) < 4.78 is 6.73. The molecule has 0 saturated carbocycles. The molecule has 1 aromatic carbocycles. The van der Waals surface area contributed by atoms with Crippen molar-refractivity contribution in [1.29, 1.82) is 0 Å². The Morgan fingerprint density at radius 3 is 2.34 bits per heavy atom. The number of hydrogen-bond donors (Lipinski definition) is 0. The average molecular weight is 412 g/mol. The molecule has 8 heteroatoms. The summed E-state index contributed by atoms with van der Waals surface area (Å²) in [5, 5.41) is 2.40. The number of imide groups is 1. The highest BCUT2D eigenvalue weighted by Crippen LogP contribution is 2.36. The minimum atomic E-state index is -0.837. The number of para-hydroxylation sites is 1. The molecule has 2 amide bonds. The number of aryl methyl sites for hydroxylation is 2. The first kappa shape index (κ1) is 20.5. The molecule has 3 aromatic rings. The van der Waals surface area contributed by atoms with Gasteiger partial charge in [-0.3, -0.25) is 19.2 Å². The molecule has 0 aliphatic carbocycles. The van der Waals surface area contributed by atoms with E-state index in [9.17, 15) is 19.2 Å². The van der Waals surface area contributed by atoms with Crippen LogP contribution in [-0.2, 0) is 23.1 Å². The molecule has 2 aromatic heterocycles. The van der Waals surface area contributed by atoms with Crippen molar-refractivity contribution < 1.29 is 19.1 Å². The molecular weight excluding hydrogens is 392 g/mol. The highest BCUT2D eigenvalue weighted by Gasteiger charge is 2.31. The molecule has 0 aliphatic heterocycles. The molecule has 0 fully saturated rings. The number of fused-ring (bicyclic) bond motifs is 1. The Labute approximate surface area is 171 Å². The van der Waals surface area contributed by atoms with Crippen LogP contribution < -0.4 is 15.2 Å². The third-order valence-corrected chi connectivity index (χ3v) is 5.60. The fraction of sp³-hybridized carbons (Fsp3) is 0.238. The molecule has 0 N–H and O–H groups in total. The van der Waals surface area contributed by atoms with Crippen molar-refractivity contribution in [2.24, 2.45) is 7.05 Å². The van der Waals surface area contributed by atoms with E-state index < -0.39 is 23.3 Å². The molecule has 0 bridgehead atoms. The van der Waals surface area contributed by atoms with E-state index >= 15 is 0 Å². The van der Waals surface area contributed by atoms with Crippen LogP contribution in [0.1, 0.15) is 36.7 Å². The number of ether oxygens (including phenoxy) is 1. The standard InChI is InChI=1S/C21H20N2O5S/c1-5-14-11-29-21-16(14)18(28-13(3)25)17(19(26)22(21)4)20(27)23(12(2)24)15-9-7-6-8-10-15/h6-11H,5H2,1-4H3. The maximum Gasteiger partial charge on any atom is 0.308 e. The molecule has 0 saturated heterocycles. The van der Waals surface area contributed by atoms with Crippen LogP contribution in [0.4, 0.5) is 5.69 Å². The van der Waals surface area contributed by atoms with Gasteiger partial charge in [-0.05, 0) is 29.5 Å². The lowest BCUT2D eigenvalue weighted by Crippen LogP contribution is -2.40. The van der Waals surface area contributed by atoms with E-state index in [0.717, 1.165) is 10.5 Å². The Balaban J connectivity index is 2.36. The minimum Gasteiger partial charge on any atom is -0.425 e. The lowest BCUT2D eigenvalue weighted by Gasteiger charge is -2.21. The van der Waals surface area contributed by atoms with Gasteiger partial charge < -0.3 is 9.30 Å². The highest BCUT2D eigenvalue weighted by molar-refractivity contribution is 7.17. The summed E-state index contributed by atoms with van der Waals surface area (Å²) in [5.41, 5.74) is 0.190. The van der Waals surface area contributed by atoms with Gasteiger partial charge in [0.2, 0.25) is 5.91 Å². The number of thiophene rings is 1. The van der Waals surface area contributed by atoms with Crippen LogP contribution in [0.3, 0.4) is 0 Å². The summed E-state index contributed by atoms with van der Waals surface area (Å²) >= 11 is 1.33. The van der Waals surface area contributed by atoms with Crippen molar-refractivity contribution in [1.82, 2.24) is 4.57 Å². The fourth-order valence-corrected chi connectivity index (χ4v) is 4.30. The summed E-state index contributed by atoms with van der Waals surface area (Å²) in [5.74, 6) is -2.15. The fourth-order valence-electron chi connectivity index (χ4n) is 3.18. The number of esters is 1. The monoisotopic (exact) mass is 412 g/mol. The summed E-state index contributed by atoms with van der Waals surface area (Å²) in [6, 6.07) is 8.30. The third-order valence-electron chi connectivity index (χ3n) is 4.50. The van der Waals surface area contributed by atoms with Crippen molar-refractivity contribution in [2.75, 3.05) is 4.90 Å². The first-order valence-corrected chi connectivity index (χ1v) is 9.87. The predicted octanol–water partition coefficient (Wildman–Crippen LogP) is 3.28. The van der Waals surface area contributed by atoms with Gasteiger partial charge in [-0.25, -0.2) is 4.90 Å². The van der Waals surface area contributed by atoms with Crippen molar-refractivity contribution in [3.8, 4) is 5.75 Å². The number of hydrogen-bond acceptors (Lipinski definition) is 6. The second-order valence-electron chi connectivity index (χ2n) is 6.45. The van der Waals surface area contributed by atoms with Crippen LogP contribution in [-0.4, -0.2) is 22.4 Å². The minimum absolute atomic E-state index is 0.0964. The second kappa shape index (κ2) is 8.00. The van der Waals surface area contributed by atoms with Crippen LogP contribution >= 0.6 is 11.3 Å². The Kier molecular flexibility index (Phi) is 5.65. The number of aromatic nitrogens is 1. The van der Waals surface area contributed by atoms with Gasteiger partial charge in [-0.2, -0.15) is 0 Å². The Morgan fingerprint density at radius 1 is 1.14 bits per heavy atom. The van der Waals surface area contributed by atoms with Crippen LogP contribution in [0.2, 0.25) is 0 Å². The smallest absolute Gasteiger partial charge is 0.308 e. The molecule has 2 heterocycles. The van der Waals surface area contributed by atoms with E-state index in [1.807, 2.05) is 12.3 Å². The van der Waals surface area contributed by atoms with Gasteiger partial charge in [0.15, 0.2) is 5.75 Å². The van der Waals surface area contributed by atoms with Gasteiger partial charge in [0, 0.05) is 20.9 Å². The second-order valence-corrected chi connectivity index (χ2v) is 7.31. The number of amides is 2. The lowest BCUT2D eigenvalue weighted by molar-refractivity contribution is -0.131. The molecule has 29 heavy (non-hydrogen) atoms. The summed E-state index contributed by atoms with van der Waals surface area (Å²) in [6.07, 6.45) is 0.620. The number of rotatable bonds is 4. The zero-order valence-corrected chi connectivity index (χ0v) is 17.3. The first-order valence-electron chi connectivity index (χ1n) is 8.99. The Morgan fingerprint density at radius 2 is 1.79 bits per heavy atom. The van der Waals surface area contributed by atoms with Crippen LogP contribution in [0.25, 0.3) is 10.2 Å². The topological polar surface area (TPSA) is 85.7 Å². The zero-order chi connectivity index (χ0) is 21.3. The third kappa shape index (κ3) is 3.58. The van der Waals surface area contributed by atoms with Crippen LogP contribution in [0.15, 0.2) is 40.5 Å². The molecule has 7 nitrogen and oxygen atoms in total. The number of carbonyl (C=O) groups excluding carboxylic acids is 3. The zero-order valence-electron chi connectivity index (χ0n) is 16.5. The van der Waals surface area contributed by atoms with Gasteiger partial charge in [0.25, 0.3) is 11.5 Å². The van der Waals surface area contributed by atoms with E-state index in [0.29, 0.717) is 22.3 Å². The Bertz CT molecular complexity index is 1180. The molecule has 0 unspecified atom stereocenters. The number of anilines is 1. The first-order chi connectivity index (χ1) is 13.8. The van der Waals surface area contributed by atoms with Gasteiger partial charge in [-0.15, -0.1) is 11.3 Å². The van der Waals surface area contributed by atoms with Crippen LogP contribution in [0, 0.1) is 0 Å². The van der Waals surface area contributed by atoms with Crippen molar-refractivity contribution in [3.63, 3.8) is 0 Å². The molecular formula is C21H20N2O5S. The van der Waals surface area contributed by atoms with Gasteiger partial charge in [-0.1, -0.05) is 25.1 Å². The lowest BCUT2D eigenvalue weighted by atomic mass is 10.1. The van der Waals surface area contributed by atoms with E-state index in [2.05, 4.69) is 0 Å². The van der Waals surface area contributed by atoms with Crippen molar-refractivity contribution in [3.05, 3.63) is 57.2 Å². The molecule has 0 atom stereocenters. The van der Waals surface area contributed by atoms with Gasteiger partial charge in [0.1, 0.15) is 10.4 Å².